The second kappa shape index (κ2) is 8.06. The second-order valence-electron chi connectivity index (χ2n) is 5.98. The molecule has 3 aromatic rings. The molecule has 0 spiro atoms. The maximum Gasteiger partial charge on any atom is 0.119 e. The highest BCUT2D eigenvalue weighted by atomic mass is 32.1. The fourth-order valence-corrected chi connectivity index (χ4v) is 3.91. The fraction of sp³-hybridized carbons (Fsp3) is 0.300. The van der Waals surface area contributed by atoms with Crippen LogP contribution in [0.3, 0.4) is 0 Å². The normalized spacial score (nSPS) is 11.9. The summed E-state index contributed by atoms with van der Waals surface area (Å²) >= 11 is 1.71. The van der Waals surface area contributed by atoms with E-state index in [2.05, 4.69) is 46.4 Å². The summed E-state index contributed by atoms with van der Waals surface area (Å²) in [7, 11) is 0. The van der Waals surface area contributed by atoms with E-state index >= 15 is 0 Å². The Hall–Kier alpha value is -2.49. The third-order valence-corrected chi connectivity index (χ3v) is 5.44. The summed E-state index contributed by atoms with van der Waals surface area (Å²) in [6.07, 6.45) is 2.01. The Morgan fingerprint density at radius 2 is 1.80 bits per heavy atom. The number of hydrogen-bond donors (Lipinski definition) is 0. The number of rotatable bonds is 7. The lowest BCUT2D eigenvalue weighted by molar-refractivity contribution is 0.340. The SMILES string of the molecule is CCOc1ccc(CCc2ccc3cc(C(C)N=[N+]=[N-])sc3c2)cc1. The molecule has 5 heteroatoms. The average molecular weight is 351 g/mol. The topological polar surface area (TPSA) is 58.0 Å². The monoisotopic (exact) mass is 351 g/mol. The first-order valence-electron chi connectivity index (χ1n) is 8.48. The zero-order valence-corrected chi connectivity index (χ0v) is 15.3. The van der Waals surface area contributed by atoms with Crippen molar-refractivity contribution >= 4 is 21.4 Å². The van der Waals surface area contributed by atoms with Crippen molar-refractivity contribution in [3.63, 3.8) is 0 Å². The molecule has 1 atom stereocenters. The molecule has 0 saturated heterocycles. The highest BCUT2D eigenvalue weighted by molar-refractivity contribution is 7.19. The Bertz CT molecular complexity index is 895. The van der Waals surface area contributed by atoms with Crippen LogP contribution in [0.5, 0.6) is 5.75 Å². The van der Waals surface area contributed by atoms with Crippen LogP contribution in [-0.4, -0.2) is 6.61 Å². The Labute approximate surface area is 151 Å². The van der Waals surface area contributed by atoms with Crippen LogP contribution in [0.4, 0.5) is 0 Å². The third kappa shape index (κ3) is 4.32. The summed E-state index contributed by atoms with van der Waals surface area (Å²) < 4.78 is 6.73. The highest BCUT2D eigenvalue weighted by Gasteiger charge is 2.08. The lowest BCUT2D eigenvalue weighted by atomic mass is 10.0. The van der Waals surface area contributed by atoms with Crippen molar-refractivity contribution in [2.24, 2.45) is 5.11 Å². The van der Waals surface area contributed by atoms with Crippen molar-refractivity contribution in [3.8, 4) is 5.75 Å². The van der Waals surface area contributed by atoms with Gasteiger partial charge in [0, 0.05) is 14.5 Å². The molecule has 1 unspecified atom stereocenters. The molecule has 0 fully saturated rings. The summed E-state index contributed by atoms with van der Waals surface area (Å²) in [6.45, 7) is 4.62. The predicted molar refractivity (Wildman–Crippen MR) is 104 cm³/mol. The van der Waals surface area contributed by atoms with Gasteiger partial charge in [0.2, 0.25) is 0 Å². The fourth-order valence-electron chi connectivity index (χ4n) is 2.80. The first-order valence-corrected chi connectivity index (χ1v) is 9.29. The van der Waals surface area contributed by atoms with Crippen LogP contribution >= 0.6 is 11.3 Å². The molecular formula is C20H21N3OS. The Balaban J connectivity index is 1.70. The lowest BCUT2D eigenvalue weighted by Crippen LogP contribution is -1.93. The van der Waals surface area contributed by atoms with Gasteiger partial charge in [0.05, 0.1) is 12.6 Å². The van der Waals surface area contributed by atoms with Crippen LogP contribution in [0.15, 0.2) is 53.6 Å². The number of aryl methyl sites for hydroxylation is 2. The van der Waals surface area contributed by atoms with E-state index in [4.69, 9.17) is 10.3 Å². The minimum atomic E-state index is -0.116. The van der Waals surface area contributed by atoms with Gasteiger partial charge in [0.1, 0.15) is 5.75 Å². The van der Waals surface area contributed by atoms with Crippen molar-refractivity contribution in [1.29, 1.82) is 0 Å². The van der Waals surface area contributed by atoms with Crippen LogP contribution in [-0.2, 0) is 12.8 Å². The largest absolute Gasteiger partial charge is 0.494 e. The first-order chi connectivity index (χ1) is 12.2. The first kappa shape index (κ1) is 17.3. The summed E-state index contributed by atoms with van der Waals surface area (Å²) in [5.41, 5.74) is 11.2. The van der Waals surface area contributed by atoms with Gasteiger partial charge in [-0.25, -0.2) is 0 Å². The maximum absolute atomic E-state index is 8.60. The van der Waals surface area contributed by atoms with E-state index < -0.39 is 0 Å². The molecule has 0 saturated carbocycles. The van der Waals surface area contributed by atoms with Crippen molar-refractivity contribution in [2.45, 2.75) is 32.7 Å². The van der Waals surface area contributed by atoms with Gasteiger partial charge in [-0.1, -0.05) is 36.3 Å². The maximum atomic E-state index is 8.60. The van der Waals surface area contributed by atoms with Crippen molar-refractivity contribution in [2.75, 3.05) is 6.61 Å². The molecule has 2 aromatic carbocycles. The molecule has 0 N–H and O–H groups in total. The molecule has 128 valence electrons. The second-order valence-corrected chi connectivity index (χ2v) is 7.09. The zero-order chi connectivity index (χ0) is 17.6. The molecule has 0 aliphatic carbocycles. The van der Waals surface area contributed by atoms with Crippen LogP contribution < -0.4 is 4.74 Å². The van der Waals surface area contributed by atoms with Gasteiger partial charge < -0.3 is 4.74 Å². The Morgan fingerprint density at radius 3 is 2.52 bits per heavy atom. The van der Waals surface area contributed by atoms with Crippen LogP contribution in [0.2, 0.25) is 0 Å². The van der Waals surface area contributed by atoms with Gasteiger partial charge in [0.15, 0.2) is 0 Å². The van der Waals surface area contributed by atoms with Crippen LogP contribution in [0.1, 0.15) is 35.9 Å². The quantitative estimate of drug-likeness (QED) is 0.274. The van der Waals surface area contributed by atoms with Gasteiger partial charge in [-0.3, -0.25) is 0 Å². The number of benzene rings is 2. The number of thiophene rings is 1. The lowest BCUT2D eigenvalue weighted by Gasteiger charge is -2.05. The van der Waals surface area contributed by atoms with E-state index in [1.165, 1.54) is 21.2 Å². The summed E-state index contributed by atoms with van der Waals surface area (Å²) in [5.74, 6) is 0.924. The molecule has 1 heterocycles. The van der Waals surface area contributed by atoms with Crippen molar-refractivity contribution < 1.29 is 4.74 Å². The minimum Gasteiger partial charge on any atom is -0.494 e. The third-order valence-electron chi connectivity index (χ3n) is 4.18. The molecule has 0 amide bonds. The van der Waals surface area contributed by atoms with Gasteiger partial charge >= 0.3 is 0 Å². The van der Waals surface area contributed by atoms with Gasteiger partial charge in [-0.15, -0.1) is 11.3 Å². The van der Waals surface area contributed by atoms with E-state index in [1.54, 1.807) is 11.3 Å². The number of ether oxygens (including phenoxy) is 1. The zero-order valence-electron chi connectivity index (χ0n) is 14.5. The van der Waals surface area contributed by atoms with E-state index in [1.807, 2.05) is 26.0 Å². The van der Waals surface area contributed by atoms with Crippen LogP contribution in [0.25, 0.3) is 20.5 Å². The van der Waals surface area contributed by atoms with E-state index in [0.29, 0.717) is 6.61 Å². The smallest absolute Gasteiger partial charge is 0.119 e. The van der Waals surface area contributed by atoms with Crippen molar-refractivity contribution in [1.82, 2.24) is 0 Å². The average Bonchev–Trinajstić information content (AvgIpc) is 3.05. The van der Waals surface area contributed by atoms with E-state index in [0.717, 1.165) is 23.5 Å². The van der Waals surface area contributed by atoms with Gasteiger partial charge in [0.25, 0.3) is 0 Å². The molecule has 25 heavy (non-hydrogen) atoms. The molecule has 0 bridgehead atoms. The molecule has 0 radical (unpaired) electrons. The summed E-state index contributed by atoms with van der Waals surface area (Å²) in [4.78, 5) is 4.01. The molecule has 0 aliphatic rings. The van der Waals surface area contributed by atoms with Crippen molar-refractivity contribution in [3.05, 3.63) is 75.0 Å². The molecule has 1 aromatic heterocycles. The molecule has 3 rings (SSSR count). The number of nitrogens with zero attached hydrogens (tertiary/aromatic N) is 3. The molecule has 4 nitrogen and oxygen atoms in total. The van der Waals surface area contributed by atoms with Gasteiger partial charge in [-0.05, 0) is 66.1 Å². The van der Waals surface area contributed by atoms with E-state index in [-0.39, 0.29) is 6.04 Å². The minimum absolute atomic E-state index is 0.116. The predicted octanol–water partition coefficient (Wildman–Crippen LogP) is 6.46. The number of fused-ring (bicyclic) bond motifs is 1. The molecule has 0 aliphatic heterocycles. The number of hydrogen-bond acceptors (Lipinski definition) is 3. The Kier molecular flexibility index (Phi) is 5.59. The van der Waals surface area contributed by atoms with Gasteiger partial charge in [-0.2, -0.15) is 0 Å². The summed E-state index contributed by atoms with van der Waals surface area (Å²) in [6, 6.07) is 16.9. The summed E-state index contributed by atoms with van der Waals surface area (Å²) in [5, 5.41) is 5.00. The van der Waals surface area contributed by atoms with E-state index in [9.17, 15) is 0 Å². The highest BCUT2D eigenvalue weighted by Crippen LogP contribution is 2.32. The van der Waals surface area contributed by atoms with Crippen LogP contribution in [0, 0.1) is 0 Å². The Morgan fingerprint density at radius 1 is 1.08 bits per heavy atom. The molecular weight excluding hydrogens is 330 g/mol. The standard InChI is InChI=1S/C20H21N3OS/c1-3-24-18-10-7-15(8-11-18)4-5-16-6-9-17-13-19(14(2)22-23-21)25-20(17)12-16/h6-14H,3-5H2,1-2H3. The number of azide groups is 1.